The molecule has 130 valence electrons. The standard InChI is InChI=1S/C20H17N3O2S/c24-20-17-14-18(15-8-3-1-4-9-15)26-19(17)21-22-23(20)12-7-13-25-16-10-5-2-6-11-16/h1-6,8-11,14H,7,12-13H2. The topological polar surface area (TPSA) is 57.0 Å². The number of thiophene rings is 1. The molecule has 2 aromatic carbocycles. The van der Waals surface area contributed by atoms with Crippen LogP contribution in [0.4, 0.5) is 0 Å². The van der Waals surface area contributed by atoms with Crippen LogP contribution >= 0.6 is 11.3 Å². The third-order valence-corrected chi connectivity index (χ3v) is 5.07. The molecule has 0 aliphatic carbocycles. The van der Waals surface area contributed by atoms with E-state index in [-0.39, 0.29) is 5.56 Å². The van der Waals surface area contributed by atoms with E-state index < -0.39 is 0 Å². The lowest BCUT2D eigenvalue weighted by atomic mass is 10.2. The van der Waals surface area contributed by atoms with Crippen molar-refractivity contribution in [3.05, 3.63) is 77.1 Å². The Morgan fingerprint density at radius 1 is 1.00 bits per heavy atom. The predicted molar refractivity (Wildman–Crippen MR) is 104 cm³/mol. The van der Waals surface area contributed by atoms with E-state index in [1.807, 2.05) is 66.7 Å². The summed E-state index contributed by atoms with van der Waals surface area (Å²) in [5.74, 6) is 0.826. The lowest BCUT2D eigenvalue weighted by molar-refractivity contribution is 0.296. The second-order valence-electron chi connectivity index (χ2n) is 5.83. The minimum atomic E-state index is -0.104. The van der Waals surface area contributed by atoms with Crippen molar-refractivity contribution in [3.63, 3.8) is 0 Å². The molecule has 6 heteroatoms. The molecule has 0 fully saturated rings. The first-order valence-corrected chi connectivity index (χ1v) is 9.23. The molecule has 0 bridgehead atoms. The van der Waals surface area contributed by atoms with Gasteiger partial charge in [-0.05, 0) is 23.8 Å². The molecule has 4 aromatic rings. The van der Waals surface area contributed by atoms with Crippen LogP contribution in [0.15, 0.2) is 71.5 Å². The minimum absolute atomic E-state index is 0.104. The van der Waals surface area contributed by atoms with Crippen molar-refractivity contribution >= 4 is 21.6 Å². The van der Waals surface area contributed by atoms with Crippen molar-refractivity contribution in [1.82, 2.24) is 15.0 Å². The van der Waals surface area contributed by atoms with Gasteiger partial charge in [0.2, 0.25) is 0 Å². The highest BCUT2D eigenvalue weighted by Gasteiger charge is 2.11. The van der Waals surface area contributed by atoms with Gasteiger partial charge in [-0.15, -0.1) is 16.4 Å². The second kappa shape index (κ2) is 7.49. The van der Waals surface area contributed by atoms with Crippen LogP contribution in [0, 0.1) is 0 Å². The normalized spacial score (nSPS) is 10.9. The summed E-state index contributed by atoms with van der Waals surface area (Å²) in [6.45, 7) is 1.00. The molecule has 0 aliphatic heterocycles. The fourth-order valence-electron chi connectivity index (χ4n) is 2.70. The summed E-state index contributed by atoms with van der Waals surface area (Å²) in [7, 11) is 0. The van der Waals surface area contributed by atoms with Crippen LogP contribution in [0.25, 0.3) is 20.7 Å². The lowest BCUT2D eigenvalue weighted by Gasteiger charge is -2.06. The third kappa shape index (κ3) is 3.50. The van der Waals surface area contributed by atoms with Crippen molar-refractivity contribution in [2.75, 3.05) is 6.61 Å². The SMILES string of the molecule is O=c1c2cc(-c3ccccc3)sc2nnn1CCCOc1ccccc1. The largest absolute Gasteiger partial charge is 0.494 e. The number of aryl methyl sites for hydroxylation is 1. The van der Waals surface area contributed by atoms with Gasteiger partial charge < -0.3 is 4.74 Å². The number of nitrogens with zero attached hydrogens (tertiary/aromatic N) is 3. The lowest BCUT2D eigenvalue weighted by Crippen LogP contribution is -2.24. The van der Waals surface area contributed by atoms with Crippen molar-refractivity contribution in [2.45, 2.75) is 13.0 Å². The van der Waals surface area contributed by atoms with Crippen molar-refractivity contribution in [2.24, 2.45) is 0 Å². The molecule has 0 N–H and O–H groups in total. The van der Waals surface area contributed by atoms with Gasteiger partial charge in [-0.3, -0.25) is 4.79 Å². The van der Waals surface area contributed by atoms with E-state index >= 15 is 0 Å². The second-order valence-corrected chi connectivity index (χ2v) is 6.86. The fraction of sp³-hybridized carbons (Fsp3) is 0.150. The Hall–Kier alpha value is -2.99. The molecular weight excluding hydrogens is 346 g/mol. The Morgan fingerprint density at radius 2 is 1.73 bits per heavy atom. The first-order valence-electron chi connectivity index (χ1n) is 8.42. The number of benzene rings is 2. The van der Waals surface area contributed by atoms with Crippen LogP contribution in [0.5, 0.6) is 5.75 Å². The molecule has 0 amide bonds. The summed E-state index contributed by atoms with van der Waals surface area (Å²) < 4.78 is 7.07. The van der Waals surface area contributed by atoms with Gasteiger partial charge in [0.25, 0.3) is 5.56 Å². The van der Waals surface area contributed by atoms with Gasteiger partial charge in [-0.1, -0.05) is 53.7 Å². The third-order valence-electron chi connectivity index (χ3n) is 4.01. The number of hydrogen-bond acceptors (Lipinski definition) is 5. The molecule has 0 saturated heterocycles. The molecule has 26 heavy (non-hydrogen) atoms. The van der Waals surface area contributed by atoms with Crippen LogP contribution < -0.4 is 10.3 Å². The van der Waals surface area contributed by atoms with Crippen molar-refractivity contribution in [3.8, 4) is 16.2 Å². The summed E-state index contributed by atoms with van der Waals surface area (Å²) in [5.41, 5.74) is 0.978. The number of fused-ring (bicyclic) bond motifs is 1. The molecule has 5 nitrogen and oxygen atoms in total. The minimum Gasteiger partial charge on any atom is -0.494 e. The van der Waals surface area contributed by atoms with Gasteiger partial charge in [-0.25, -0.2) is 4.68 Å². The molecule has 0 atom stereocenters. The number of aromatic nitrogens is 3. The van der Waals surface area contributed by atoms with Crippen LogP contribution in [0.1, 0.15) is 6.42 Å². The van der Waals surface area contributed by atoms with Crippen molar-refractivity contribution in [1.29, 1.82) is 0 Å². The van der Waals surface area contributed by atoms with E-state index in [2.05, 4.69) is 10.3 Å². The summed E-state index contributed by atoms with van der Waals surface area (Å²) >= 11 is 1.49. The van der Waals surface area contributed by atoms with Crippen molar-refractivity contribution < 1.29 is 4.74 Å². The number of para-hydroxylation sites is 1. The summed E-state index contributed by atoms with van der Waals surface area (Å²) in [6, 6.07) is 21.5. The highest BCUT2D eigenvalue weighted by molar-refractivity contribution is 7.21. The first-order chi connectivity index (χ1) is 12.8. The number of ether oxygens (including phenoxy) is 1. The fourth-order valence-corrected chi connectivity index (χ4v) is 3.67. The zero-order valence-electron chi connectivity index (χ0n) is 14.0. The van der Waals surface area contributed by atoms with Gasteiger partial charge >= 0.3 is 0 Å². The predicted octanol–water partition coefficient (Wildman–Crippen LogP) is 3.99. The molecule has 0 unspecified atom stereocenters. The molecule has 4 rings (SSSR count). The molecular formula is C20H17N3O2S. The molecule has 0 saturated carbocycles. The Kier molecular flexibility index (Phi) is 4.75. The van der Waals surface area contributed by atoms with Crippen LogP contribution in [-0.4, -0.2) is 21.6 Å². The molecule has 0 aliphatic rings. The van der Waals surface area contributed by atoms with Gasteiger partial charge in [0.15, 0.2) is 4.83 Å². The Labute approximate surface area is 154 Å². The monoisotopic (exact) mass is 363 g/mol. The van der Waals surface area contributed by atoms with E-state index in [4.69, 9.17) is 4.74 Å². The van der Waals surface area contributed by atoms with Gasteiger partial charge in [0.1, 0.15) is 5.75 Å². The molecule has 2 heterocycles. The summed E-state index contributed by atoms with van der Waals surface area (Å²) in [5, 5.41) is 8.90. The quantitative estimate of drug-likeness (QED) is 0.486. The highest BCUT2D eigenvalue weighted by Crippen LogP contribution is 2.30. The Bertz CT molecular complexity index is 1060. The van der Waals surface area contributed by atoms with Gasteiger partial charge in [0.05, 0.1) is 12.0 Å². The van der Waals surface area contributed by atoms with E-state index in [1.165, 1.54) is 16.0 Å². The molecule has 0 spiro atoms. The van der Waals surface area contributed by atoms with E-state index in [0.717, 1.165) is 16.2 Å². The zero-order valence-corrected chi connectivity index (χ0v) is 14.9. The highest BCUT2D eigenvalue weighted by atomic mass is 32.1. The maximum Gasteiger partial charge on any atom is 0.278 e. The maximum atomic E-state index is 12.7. The van der Waals surface area contributed by atoms with Crippen LogP contribution in [0.2, 0.25) is 0 Å². The van der Waals surface area contributed by atoms with Crippen LogP contribution in [-0.2, 0) is 6.54 Å². The number of rotatable bonds is 6. The van der Waals surface area contributed by atoms with E-state index in [1.54, 1.807) is 0 Å². The molecule has 2 aromatic heterocycles. The van der Waals surface area contributed by atoms with Gasteiger partial charge in [0, 0.05) is 17.8 Å². The smallest absolute Gasteiger partial charge is 0.278 e. The Morgan fingerprint density at radius 3 is 2.50 bits per heavy atom. The zero-order chi connectivity index (χ0) is 17.8. The molecule has 0 radical (unpaired) electrons. The summed E-state index contributed by atoms with van der Waals surface area (Å²) in [6.07, 6.45) is 0.685. The van der Waals surface area contributed by atoms with E-state index in [9.17, 15) is 4.79 Å². The van der Waals surface area contributed by atoms with E-state index in [0.29, 0.717) is 29.8 Å². The Balaban J connectivity index is 1.48. The summed E-state index contributed by atoms with van der Waals surface area (Å²) in [4.78, 5) is 14.4. The first kappa shape index (κ1) is 16.5. The van der Waals surface area contributed by atoms with Gasteiger partial charge in [-0.2, -0.15) is 0 Å². The number of hydrogen-bond donors (Lipinski definition) is 0. The average Bonchev–Trinajstić information content (AvgIpc) is 3.13. The maximum absolute atomic E-state index is 12.7. The van der Waals surface area contributed by atoms with Crippen LogP contribution in [0.3, 0.4) is 0 Å². The average molecular weight is 363 g/mol.